The zero-order chi connectivity index (χ0) is 19.1. The van der Waals surface area contributed by atoms with Crippen molar-refractivity contribution in [3.8, 4) is 0 Å². The van der Waals surface area contributed by atoms with Crippen molar-refractivity contribution < 1.29 is 4.79 Å². The van der Waals surface area contributed by atoms with Gasteiger partial charge in [0.05, 0.1) is 5.69 Å². The van der Waals surface area contributed by atoms with Gasteiger partial charge in [0.1, 0.15) is 11.3 Å². The van der Waals surface area contributed by atoms with Gasteiger partial charge in [-0.25, -0.2) is 4.98 Å². The molecule has 1 N–H and O–H groups in total. The Morgan fingerprint density at radius 1 is 1.08 bits per heavy atom. The molecule has 0 fully saturated rings. The van der Waals surface area contributed by atoms with Gasteiger partial charge in [-0.05, 0) is 54.7 Å². The molecule has 0 saturated carbocycles. The van der Waals surface area contributed by atoms with Crippen molar-refractivity contribution in [3.63, 3.8) is 0 Å². The van der Waals surface area contributed by atoms with Gasteiger partial charge in [0.25, 0.3) is 11.5 Å². The second-order valence-electron chi connectivity index (χ2n) is 7.59. The van der Waals surface area contributed by atoms with E-state index in [1.165, 1.54) is 4.40 Å². The summed E-state index contributed by atoms with van der Waals surface area (Å²) in [5.74, 6) is -0.320. The topological polar surface area (TPSA) is 63.5 Å². The number of aryl methyl sites for hydroxylation is 2. The van der Waals surface area contributed by atoms with E-state index in [2.05, 4.69) is 31.1 Å². The van der Waals surface area contributed by atoms with Crippen LogP contribution in [0, 0.1) is 13.8 Å². The lowest BCUT2D eigenvalue weighted by atomic mass is 9.87. The third kappa shape index (κ3) is 3.38. The minimum absolute atomic E-state index is 0.0187. The van der Waals surface area contributed by atoms with E-state index in [-0.39, 0.29) is 22.6 Å². The minimum atomic E-state index is -0.320. The van der Waals surface area contributed by atoms with Crippen molar-refractivity contribution >= 4 is 17.2 Å². The minimum Gasteiger partial charge on any atom is -0.316 e. The third-order valence-corrected chi connectivity index (χ3v) is 4.42. The molecule has 0 spiro atoms. The number of rotatable bonds is 2. The Hall–Kier alpha value is -2.95. The number of carbonyl (C=O) groups is 1. The lowest BCUT2D eigenvalue weighted by Crippen LogP contribution is -2.25. The number of anilines is 1. The summed E-state index contributed by atoms with van der Waals surface area (Å²) in [6, 6.07) is 11.1. The quantitative estimate of drug-likeness (QED) is 0.764. The Labute approximate surface area is 152 Å². The summed E-state index contributed by atoms with van der Waals surface area (Å²) in [5.41, 5.74) is 3.68. The first kappa shape index (κ1) is 17.9. The molecule has 0 atom stereocenters. The first-order valence-corrected chi connectivity index (χ1v) is 8.58. The number of hydrogen-bond donors (Lipinski definition) is 1. The molecule has 1 amide bonds. The molecule has 2 heterocycles. The summed E-state index contributed by atoms with van der Waals surface area (Å²) >= 11 is 0. The molecule has 134 valence electrons. The molecule has 0 saturated heterocycles. The fourth-order valence-electron chi connectivity index (χ4n) is 2.80. The summed E-state index contributed by atoms with van der Waals surface area (Å²) in [6.07, 6.45) is 1.67. The molecule has 1 aromatic carbocycles. The molecular weight excluding hydrogens is 326 g/mol. The maximum atomic E-state index is 12.7. The molecule has 0 aliphatic heterocycles. The van der Waals surface area contributed by atoms with Crippen LogP contribution in [0.3, 0.4) is 0 Å². The van der Waals surface area contributed by atoms with Crippen LogP contribution >= 0.6 is 0 Å². The van der Waals surface area contributed by atoms with Crippen molar-refractivity contribution in [3.05, 3.63) is 75.3 Å². The predicted octanol–water partition coefficient (Wildman–Crippen LogP) is 3.86. The van der Waals surface area contributed by atoms with Crippen LogP contribution < -0.4 is 10.9 Å². The van der Waals surface area contributed by atoms with Gasteiger partial charge < -0.3 is 5.32 Å². The smallest absolute Gasteiger partial charge is 0.281 e. The highest BCUT2D eigenvalue weighted by atomic mass is 16.2. The largest absolute Gasteiger partial charge is 0.316 e. The standard InChI is InChI=1S/C21H23N3O2/c1-13-10-11-24-17(12-13)22-14(2)18(20(24)26)23-19(25)15-6-8-16(9-7-15)21(3,4)5/h6-12H,1-5H3,(H,23,25). The average molecular weight is 349 g/mol. The Morgan fingerprint density at radius 3 is 2.35 bits per heavy atom. The number of pyridine rings is 1. The zero-order valence-corrected chi connectivity index (χ0v) is 15.8. The van der Waals surface area contributed by atoms with Crippen molar-refractivity contribution in [1.82, 2.24) is 9.38 Å². The normalized spacial score (nSPS) is 11.6. The van der Waals surface area contributed by atoms with Crippen molar-refractivity contribution in [2.45, 2.75) is 40.0 Å². The molecule has 0 unspecified atom stereocenters. The van der Waals surface area contributed by atoms with E-state index in [1.54, 1.807) is 25.3 Å². The molecule has 2 aromatic heterocycles. The zero-order valence-electron chi connectivity index (χ0n) is 15.8. The first-order chi connectivity index (χ1) is 12.2. The number of aromatic nitrogens is 2. The van der Waals surface area contributed by atoms with Crippen LogP contribution in [0.25, 0.3) is 5.65 Å². The van der Waals surface area contributed by atoms with Crippen molar-refractivity contribution in [1.29, 1.82) is 0 Å². The summed E-state index contributed by atoms with van der Waals surface area (Å²) in [7, 11) is 0. The predicted molar refractivity (Wildman–Crippen MR) is 104 cm³/mol. The molecule has 0 radical (unpaired) electrons. The number of carbonyl (C=O) groups excluding carboxylic acids is 1. The van der Waals surface area contributed by atoms with Gasteiger partial charge in [-0.3, -0.25) is 14.0 Å². The highest BCUT2D eigenvalue weighted by molar-refractivity contribution is 6.04. The fraction of sp³-hybridized carbons (Fsp3) is 0.286. The van der Waals surface area contributed by atoms with E-state index in [1.807, 2.05) is 31.2 Å². The monoisotopic (exact) mass is 349 g/mol. The second kappa shape index (κ2) is 6.41. The van der Waals surface area contributed by atoms with Gasteiger partial charge >= 0.3 is 0 Å². The maximum absolute atomic E-state index is 12.7. The first-order valence-electron chi connectivity index (χ1n) is 8.58. The number of benzene rings is 1. The highest BCUT2D eigenvalue weighted by Crippen LogP contribution is 2.22. The van der Waals surface area contributed by atoms with E-state index >= 15 is 0 Å². The molecule has 5 heteroatoms. The molecule has 0 aliphatic rings. The number of fused-ring (bicyclic) bond motifs is 1. The van der Waals surface area contributed by atoms with Gasteiger partial charge in [0, 0.05) is 11.8 Å². The van der Waals surface area contributed by atoms with Crippen molar-refractivity contribution in [2.24, 2.45) is 0 Å². The van der Waals surface area contributed by atoms with Crippen LogP contribution in [-0.2, 0) is 5.41 Å². The molecule has 26 heavy (non-hydrogen) atoms. The van der Waals surface area contributed by atoms with E-state index in [9.17, 15) is 9.59 Å². The van der Waals surface area contributed by atoms with Crippen LogP contribution in [0.15, 0.2) is 47.4 Å². The van der Waals surface area contributed by atoms with E-state index in [4.69, 9.17) is 0 Å². The molecule has 3 aromatic rings. The van der Waals surface area contributed by atoms with Crippen LogP contribution in [-0.4, -0.2) is 15.3 Å². The Morgan fingerprint density at radius 2 is 1.73 bits per heavy atom. The Balaban J connectivity index is 1.94. The average Bonchev–Trinajstić information content (AvgIpc) is 2.57. The Kier molecular flexibility index (Phi) is 4.40. The number of nitrogens with one attached hydrogen (secondary N) is 1. The van der Waals surface area contributed by atoms with Gasteiger partial charge in [-0.2, -0.15) is 0 Å². The summed E-state index contributed by atoms with van der Waals surface area (Å²) in [4.78, 5) is 29.7. The van der Waals surface area contributed by atoms with Gasteiger partial charge in [0.15, 0.2) is 0 Å². The third-order valence-electron chi connectivity index (χ3n) is 4.42. The fourth-order valence-corrected chi connectivity index (χ4v) is 2.80. The van der Waals surface area contributed by atoms with Crippen LogP contribution in [0.2, 0.25) is 0 Å². The lowest BCUT2D eigenvalue weighted by molar-refractivity contribution is 0.102. The number of hydrogen-bond acceptors (Lipinski definition) is 3. The Bertz CT molecular complexity index is 1040. The molecule has 0 aliphatic carbocycles. The van der Waals surface area contributed by atoms with Crippen LogP contribution in [0.5, 0.6) is 0 Å². The number of nitrogens with zero attached hydrogens (tertiary/aromatic N) is 2. The lowest BCUT2D eigenvalue weighted by Gasteiger charge is -2.19. The van der Waals surface area contributed by atoms with Crippen molar-refractivity contribution in [2.75, 3.05) is 5.32 Å². The molecule has 5 nitrogen and oxygen atoms in total. The van der Waals surface area contributed by atoms with E-state index in [0.29, 0.717) is 16.9 Å². The molecule has 0 bridgehead atoms. The maximum Gasteiger partial charge on any atom is 0.281 e. The van der Waals surface area contributed by atoms with Crippen LogP contribution in [0.4, 0.5) is 5.69 Å². The van der Waals surface area contributed by atoms with Crippen LogP contribution in [0.1, 0.15) is 48.0 Å². The molecule has 3 rings (SSSR count). The summed E-state index contributed by atoms with van der Waals surface area (Å²) in [5, 5.41) is 2.72. The van der Waals surface area contributed by atoms with E-state index < -0.39 is 0 Å². The SMILES string of the molecule is Cc1ccn2c(=O)c(NC(=O)c3ccc(C(C)(C)C)cc3)c(C)nc2c1. The highest BCUT2D eigenvalue weighted by Gasteiger charge is 2.16. The van der Waals surface area contributed by atoms with Gasteiger partial charge in [-0.1, -0.05) is 32.9 Å². The summed E-state index contributed by atoms with van der Waals surface area (Å²) in [6.45, 7) is 10.0. The number of amides is 1. The van der Waals surface area contributed by atoms with Gasteiger partial charge in [-0.15, -0.1) is 0 Å². The van der Waals surface area contributed by atoms with E-state index in [0.717, 1.165) is 11.1 Å². The second-order valence-corrected chi connectivity index (χ2v) is 7.59. The summed E-state index contributed by atoms with van der Waals surface area (Å²) < 4.78 is 1.44. The van der Waals surface area contributed by atoms with Gasteiger partial charge in [0.2, 0.25) is 0 Å². The molecular formula is C21H23N3O2.